The van der Waals surface area contributed by atoms with Gasteiger partial charge in [-0.15, -0.1) is 0 Å². The minimum absolute atomic E-state index is 0.365. The van der Waals surface area contributed by atoms with Crippen molar-refractivity contribution in [1.82, 2.24) is 8.61 Å². The van der Waals surface area contributed by atoms with Crippen LogP contribution in [0, 0.1) is 0 Å². The van der Waals surface area contributed by atoms with Gasteiger partial charge >= 0.3 is 0 Å². The van der Waals surface area contributed by atoms with Gasteiger partial charge < -0.3 is 5.73 Å². The van der Waals surface area contributed by atoms with Crippen molar-refractivity contribution in [2.75, 3.05) is 27.2 Å². The van der Waals surface area contributed by atoms with Gasteiger partial charge in [0.25, 0.3) is 10.2 Å². The summed E-state index contributed by atoms with van der Waals surface area (Å²) in [6.45, 7) is 2.78. The second-order valence-electron chi connectivity index (χ2n) is 4.94. The molecule has 1 fully saturated rings. The maximum absolute atomic E-state index is 12.3. The number of nitrogens with two attached hydrogens (primary N) is 1. The molecule has 1 aliphatic carbocycles. The molecule has 102 valence electrons. The highest BCUT2D eigenvalue weighted by atomic mass is 32.2. The molecule has 0 spiro atoms. The normalized spacial score (nSPS) is 21.1. The smallest absolute Gasteiger partial charge is 0.282 e. The quantitative estimate of drug-likeness (QED) is 0.797. The second-order valence-corrected chi connectivity index (χ2v) is 7.01. The fourth-order valence-corrected chi connectivity index (χ4v) is 4.17. The topological polar surface area (TPSA) is 66.6 Å². The molecule has 0 radical (unpaired) electrons. The molecule has 0 bridgehead atoms. The van der Waals surface area contributed by atoms with Crippen LogP contribution in [-0.2, 0) is 10.2 Å². The third-order valence-electron chi connectivity index (χ3n) is 3.72. The van der Waals surface area contributed by atoms with Gasteiger partial charge in [0.2, 0.25) is 0 Å². The van der Waals surface area contributed by atoms with Gasteiger partial charge in [-0.05, 0) is 12.8 Å². The number of hydrogen-bond acceptors (Lipinski definition) is 3. The van der Waals surface area contributed by atoms with Crippen LogP contribution in [-0.4, -0.2) is 49.8 Å². The molecule has 0 saturated heterocycles. The van der Waals surface area contributed by atoms with Crippen molar-refractivity contribution in [1.29, 1.82) is 0 Å². The zero-order valence-corrected chi connectivity index (χ0v) is 12.0. The molecule has 1 saturated carbocycles. The SMILES string of the molecule is CCN(C1(CN)CCCCC1)S(=O)(=O)N(C)C. The molecule has 2 N–H and O–H groups in total. The van der Waals surface area contributed by atoms with Crippen molar-refractivity contribution in [2.24, 2.45) is 5.73 Å². The van der Waals surface area contributed by atoms with E-state index in [9.17, 15) is 8.42 Å². The van der Waals surface area contributed by atoms with E-state index in [1.165, 1.54) is 10.7 Å². The Kier molecular flexibility index (Phi) is 4.95. The van der Waals surface area contributed by atoms with Gasteiger partial charge in [0.05, 0.1) is 0 Å². The Morgan fingerprint density at radius 1 is 1.18 bits per heavy atom. The molecule has 0 aromatic carbocycles. The standard InChI is InChI=1S/C11H25N3O2S/c1-4-14(17(15,16)13(2)3)11(10-12)8-6-5-7-9-11/h4-10,12H2,1-3H3. The van der Waals surface area contributed by atoms with E-state index < -0.39 is 10.2 Å². The number of rotatable bonds is 5. The summed E-state index contributed by atoms with van der Waals surface area (Å²) in [5.74, 6) is 0. The molecule has 6 heteroatoms. The molecular weight excluding hydrogens is 238 g/mol. The van der Waals surface area contributed by atoms with E-state index in [0.717, 1.165) is 25.7 Å². The third-order valence-corrected chi connectivity index (χ3v) is 5.85. The molecule has 0 aliphatic heterocycles. The van der Waals surface area contributed by atoms with Crippen molar-refractivity contribution >= 4 is 10.2 Å². The van der Waals surface area contributed by atoms with Gasteiger partial charge in [0.15, 0.2) is 0 Å². The van der Waals surface area contributed by atoms with Crippen molar-refractivity contribution in [3.8, 4) is 0 Å². The van der Waals surface area contributed by atoms with Crippen LogP contribution in [0.5, 0.6) is 0 Å². The first-order valence-corrected chi connectivity index (χ1v) is 7.71. The zero-order chi connectivity index (χ0) is 13.1. The van der Waals surface area contributed by atoms with Crippen LogP contribution in [0.2, 0.25) is 0 Å². The van der Waals surface area contributed by atoms with Gasteiger partial charge in [-0.1, -0.05) is 26.2 Å². The average Bonchev–Trinajstić information content (AvgIpc) is 2.30. The Morgan fingerprint density at radius 2 is 1.71 bits per heavy atom. The molecule has 0 unspecified atom stereocenters. The van der Waals surface area contributed by atoms with Crippen molar-refractivity contribution in [2.45, 2.75) is 44.6 Å². The lowest BCUT2D eigenvalue weighted by molar-refractivity contribution is 0.135. The maximum atomic E-state index is 12.3. The lowest BCUT2D eigenvalue weighted by Gasteiger charge is -2.45. The van der Waals surface area contributed by atoms with Crippen molar-refractivity contribution in [3.05, 3.63) is 0 Å². The van der Waals surface area contributed by atoms with E-state index in [4.69, 9.17) is 5.73 Å². The van der Waals surface area contributed by atoms with Gasteiger partial charge in [0, 0.05) is 32.7 Å². The lowest BCUT2D eigenvalue weighted by atomic mass is 9.81. The van der Waals surface area contributed by atoms with Gasteiger partial charge in [-0.3, -0.25) is 0 Å². The molecule has 0 aromatic rings. The minimum atomic E-state index is -3.37. The summed E-state index contributed by atoms with van der Waals surface area (Å²) in [7, 11) is -0.224. The van der Waals surface area contributed by atoms with Crippen LogP contribution in [0.3, 0.4) is 0 Å². The first-order chi connectivity index (χ1) is 7.90. The van der Waals surface area contributed by atoms with E-state index in [2.05, 4.69) is 0 Å². The highest BCUT2D eigenvalue weighted by molar-refractivity contribution is 7.86. The fourth-order valence-electron chi connectivity index (χ4n) is 2.71. The molecule has 1 aliphatic rings. The van der Waals surface area contributed by atoms with Crippen LogP contribution in [0.1, 0.15) is 39.0 Å². The van der Waals surface area contributed by atoms with E-state index in [0.29, 0.717) is 13.1 Å². The maximum Gasteiger partial charge on any atom is 0.282 e. The summed E-state index contributed by atoms with van der Waals surface area (Å²) in [6.07, 6.45) is 5.07. The molecule has 0 atom stereocenters. The predicted octanol–water partition coefficient (Wildman–Crippen LogP) is 0.776. The van der Waals surface area contributed by atoms with Crippen molar-refractivity contribution < 1.29 is 8.42 Å². The molecule has 0 heterocycles. The highest BCUT2D eigenvalue weighted by Crippen LogP contribution is 2.34. The lowest BCUT2D eigenvalue weighted by Crippen LogP contribution is -2.59. The summed E-state index contributed by atoms with van der Waals surface area (Å²) in [4.78, 5) is 0. The van der Waals surface area contributed by atoms with Gasteiger partial charge in [-0.25, -0.2) is 0 Å². The van der Waals surface area contributed by atoms with Crippen LogP contribution >= 0.6 is 0 Å². The number of hydrogen-bond donors (Lipinski definition) is 1. The number of nitrogens with zero attached hydrogens (tertiary/aromatic N) is 2. The first-order valence-electron chi connectivity index (χ1n) is 6.31. The summed E-state index contributed by atoms with van der Waals surface area (Å²) >= 11 is 0. The van der Waals surface area contributed by atoms with E-state index in [-0.39, 0.29) is 5.54 Å². The Hall–Kier alpha value is -0.170. The Labute approximate surface area is 105 Å². The minimum Gasteiger partial charge on any atom is -0.329 e. The molecule has 0 aromatic heterocycles. The largest absolute Gasteiger partial charge is 0.329 e. The molecule has 1 rings (SSSR count). The number of likely N-dealkylation sites (N-methyl/N-ethyl adjacent to an activating group) is 1. The van der Waals surface area contributed by atoms with Crippen molar-refractivity contribution in [3.63, 3.8) is 0 Å². The van der Waals surface area contributed by atoms with Crippen LogP contribution in [0.25, 0.3) is 0 Å². The van der Waals surface area contributed by atoms with E-state index in [1.54, 1.807) is 18.4 Å². The first kappa shape index (κ1) is 14.9. The Bertz CT molecular complexity index is 335. The molecule has 0 amide bonds. The fraction of sp³-hybridized carbons (Fsp3) is 1.00. The second kappa shape index (κ2) is 5.65. The molecule has 17 heavy (non-hydrogen) atoms. The highest BCUT2D eigenvalue weighted by Gasteiger charge is 2.43. The van der Waals surface area contributed by atoms with Gasteiger partial charge in [-0.2, -0.15) is 17.0 Å². The zero-order valence-electron chi connectivity index (χ0n) is 11.1. The monoisotopic (exact) mass is 263 g/mol. The van der Waals surface area contributed by atoms with E-state index >= 15 is 0 Å². The summed E-state index contributed by atoms with van der Waals surface area (Å²) < 4.78 is 27.5. The van der Waals surface area contributed by atoms with Crippen LogP contribution in [0.4, 0.5) is 0 Å². The van der Waals surface area contributed by atoms with Crippen LogP contribution < -0.4 is 5.73 Å². The Morgan fingerprint density at radius 3 is 2.06 bits per heavy atom. The molecular formula is C11H25N3O2S. The van der Waals surface area contributed by atoms with Crippen LogP contribution in [0.15, 0.2) is 0 Å². The molecule has 5 nitrogen and oxygen atoms in total. The Balaban J connectivity index is 3.06. The summed E-state index contributed by atoms with van der Waals surface area (Å²) in [6, 6.07) is 0. The van der Waals surface area contributed by atoms with E-state index in [1.807, 2.05) is 6.92 Å². The van der Waals surface area contributed by atoms with Gasteiger partial charge in [0.1, 0.15) is 0 Å². The summed E-state index contributed by atoms with van der Waals surface area (Å²) in [5.41, 5.74) is 5.52. The third kappa shape index (κ3) is 2.81. The summed E-state index contributed by atoms with van der Waals surface area (Å²) in [5, 5.41) is 0. The average molecular weight is 263 g/mol. The predicted molar refractivity (Wildman–Crippen MR) is 69.9 cm³/mol.